The lowest BCUT2D eigenvalue weighted by atomic mass is 10.4. The van der Waals surface area contributed by atoms with Crippen molar-refractivity contribution in [3.8, 4) is 0 Å². The van der Waals surface area contributed by atoms with Gasteiger partial charge in [0.25, 0.3) is 0 Å². The molecule has 18 heavy (non-hydrogen) atoms. The van der Waals surface area contributed by atoms with Crippen LogP contribution in [0.15, 0.2) is 0 Å². The Morgan fingerprint density at radius 2 is 1.61 bits per heavy atom. The van der Waals surface area contributed by atoms with E-state index in [0.29, 0.717) is 6.54 Å². The second kappa shape index (κ2) is 7.43. The van der Waals surface area contributed by atoms with Crippen LogP contribution < -0.4 is 0 Å². The van der Waals surface area contributed by atoms with E-state index in [-0.39, 0.29) is 17.6 Å². The number of β-amino-alcohol motifs (C(OH)–C–C–N with tert-alkyl or cyclic N) is 1. The fourth-order valence-corrected chi connectivity index (χ4v) is 3.09. The molecular formula is C12H26N2O3S. The average molecular weight is 278 g/mol. The minimum absolute atomic E-state index is 0.196. The minimum Gasteiger partial charge on any atom is -0.395 e. The molecule has 0 atom stereocenters. The van der Waals surface area contributed by atoms with Gasteiger partial charge in [-0.3, -0.25) is 4.90 Å². The Morgan fingerprint density at radius 3 is 2.11 bits per heavy atom. The number of aliphatic hydroxyl groups is 1. The van der Waals surface area contributed by atoms with Crippen LogP contribution in [0.4, 0.5) is 0 Å². The Labute approximate surface area is 111 Å². The Bertz CT molecular complexity index is 330. The fourth-order valence-electron chi connectivity index (χ4n) is 2.11. The molecule has 0 bridgehead atoms. The van der Waals surface area contributed by atoms with Gasteiger partial charge in [-0.2, -0.15) is 0 Å². The van der Waals surface area contributed by atoms with Gasteiger partial charge in [0.05, 0.1) is 17.6 Å². The van der Waals surface area contributed by atoms with Crippen LogP contribution in [0.5, 0.6) is 0 Å². The summed E-state index contributed by atoms with van der Waals surface area (Å²) in [5, 5.41) is 8.63. The summed E-state index contributed by atoms with van der Waals surface area (Å²) in [5.41, 5.74) is 0. The maximum absolute atomic E-state index is 11.8. The predicted molar refractivity (Wildman–Crippen MR) is 73.5 cm³/mol. The number of sulfone groups is 1. The summed E-state index contributed by atoms with van der Waals surface area (Å²) in [5.74, 6) is 0.255. The highest BCUT2D eigenvalue weighted by Gasteiger charge is 2.19. The lowest BCUT2D eigenvalue weighted by Gasteiger charge is -2.21. The van der Waals surface area contributed by atoms with E-state index in [2.05, 4.69) is 9.80 Å². The topological polar surface area (TPSA) is 60.9 Å². The van der Waals surface area contributed by atoms with E-state index in [1.54, 1.807) is 13.8 Å². The molecule has 0 unspecified atom stereocenters. The molecule has 0 radical (unpaired) electrons. The molecule has 6 heteroatoms. The molecule has 1 aliphatic heterocycles. The molecule has 1 heterocycles. The van der Waals surface area contributed by atoms with Crippen LogP contribution in [-0.2, 0) is 9.84 Å². The molecule has 108 valence electrons. The van der Waals surface area contributed by atoms with Gasteiger partial charge in [0.1, 0.15) is 0 Å². The van der Waals surface area contributed by atoms with E-state index in [1.807, 2.05) is 0 Å². The maximum Gasteiger partial charge on any atom is 0.153 e. The molecule has 0 aromatic carbocycles. The second-order valence-electron chi connectivity index (χ2n) is 5.18. The summed E-state index contributed by atoms with van der Waals surface area (Å²) < 4.78 is 23.5. The summed E-state index contributed by atoms with van der Waals surface area (Å²) >= 11 is 0. The Kier molecular flexibility index (Phi) is 6.55. The fraction of sp³-hybridized carbons (Fsp3) is 1.00. The van der Waals surface area contributed by atoms with E-state index >= 15 is 0 Å². The summed E-state index contributed by atoms with van der Waals surface area (Å²) in [6, 6.07) is 0. The Morgan fingerprint density at radius 1 is 1.06 bits per heavy atom. The number of aliphatic hydroxyl groups excluding tert-OH is 1. The smallest absolute Gasteiger partial charge is 0.153 e. The van der Waals surface area contributed by atoms with Crippen LogP contribution in [0.3, 0.4) is 0 Å². The molecule has 0 amide bonds. The SMILES string of the molecule is CC(C)S(=O)(=O)CCN1CCCN(CCO)CC1. The minimum atomic E-state index is -2.93. The molecule has 1 N–H and O–H groups in total. The summed E-state index contributed by atoms with van der Waals surface area (Å²) in [4.78, 5) is 4.45. The predicted octanol–water partition coefficient (Wildman–Crippen LogP) is -0.190. The third kappa shape index (κ3) is 5.22. The summed E-state index contributed by atoms with van der Waals surface area (Å²) in [7, 11) is -2.93. The molecule has 0 aromatic rings. The van der Waals surface area contributed by atoms with Crippen molar-refractivity contribution in [1.29, 1.82) is 0 Å². The zero-order chi connectivity index (χ0) is 13.6. The monoisotopic (exact) mass is 278 g/mol. The molecule has 0 spiro atoms. The van der Waals surface area contributed by atoms with Crippen LogP contribution >= 0.6 is 0 Å². The van der Waals surface area contributed by atoms with Gasteiger partial charge in [0.15, 0.2) is 9.84 Å². The van der Waals surface area contributed by atoms with Crippen LogP contribution in [0.25, 0.3) is 0 Å². The molecule has 0 aliphatic carbocycles. The molecular weight excluding hydrogens is 252 g/mol. The van der Waals surface area contributed by atoms with Crippen LogP contribution in [0.2, 0.25) is 0 Å². The number of rotatable bonds is 6. The van der Waals surface area contributed by atoms with E-state index in [1.165, 1.54) is 0 Å². The maximum atomic E-state index is 11.8. The van der Waals surface area contributed by atoms with Gasteiger partial charge in [-0.1, -0.05) is 0 Å². The molecule has 0 aromatic heterocycles. The first-order valence-corrected chi connectivity index (χ1v) is 8.44. The molecule has 0 saturated carbocycles. The van der Waals surface area contributed by atoms with Crippen LogP contribution in [0, 0.1) is 0 Å². The quantitative estimate of drug-likeness (QED) is 0.730. The lowest BCUT2D eigenvalue weighted by Crippen LogP contribution is -2.35. The van der Waals surface area contributed by atoms with Crippen molar-refractivity contribution in [3.63, 3.8) is 0 Å². The highest BCUT2D eigenvalue weighted by molar-refractivity contribution is 7.92. The normalized spacial score (nSPS) is 20.2. The Hall–Kier alpha value is -0.170. The van der Waals surface area contributed by atoms with E-state index < -0.39 is 9.84 Å². The first-order valence-electron chi connectivity index (χ1n) is 6.73. The van der Waals surface area contributed by atoms with Crippen LogP contribution in [0.1, 0.15) is 20.3 Å². The van der Waals surface area contributed by atoms with Crippen LogP contribution in [-0.4, -0.2) is 80.2 Å². The lowest BCUT2D eigenvalue weighted by molar-refractivity contribution is 0.198. The summed E-state index contributed by atoms with van der Waals surface area (Å²) in [6.45, 7) is 8.79. The van der Waals surface area contributed by atoms with Crippen molar-refractivity contribution in [2.45, 2.75) is 25.5 Å². The molecule has 1 fully saturated rings. The summed E-state index contributed by atoms with van der Waals surface area (Å²) in [6.07, 6.45) is 1.04. The van der Waals surface area contributed by atoms with E-state index in [0.717, 1.165) is 39.1 Å². The highest BCUT2D eigenvalue weighted by Crippen LogP contribution is 2.05. The van der Waals surface area contributed by atoms with Crippen molar-refractivity contribution in [2.75, 3.05) is 51.6 Å². The zero-order valence-electron chi connectivity index (χ0n) is 11.5. The van der Waals surface area contributed by atoms with E-state index in [4.69, 9.17) is 5.11 Å². The van der Waals surface area contributed by atoms with Gasteiger partial charge in [0.2, 0.25) is 0 Å². The van der Waals surface area contributed by atoms with Gasteiger partial charge in [-0.05, 0) is 33.4 Å². The molecule has 5 nitrogen and oxygen atoms in total. The Balaban J connectivity index is 2.36. The van der Waals surface area contributed by atoms with Gasteiger partial charge in [-0.15, -0.1) is 0 Å². The molecule has 1 aliphatic rings. The third-order valence-corrected chi connectivity index (χ3v) is 5.70. The number of hydrogen-bond acceptors (Lipinski definition) is 5. The third-order valence-electron chi connectivity index (χ3n) is 3.51. The van der Waals surface area contributed by atoms with Gasteiger partial charge < -0.3 is 10.0 Å². The van der Waals surface area contributed by atoms with Gasteiger partial charge >= 0.3 is 0 Å². The second-order valence-corrected chi connectivity index (χ2v) is 7.85. The highest BCUT2D eigenvalue weighted by atomic mass is 32.2. The van der Waals surface area contributed by atoms with Crippen molar-refractivity contribution >= 4 is 9.84 Å². The largest absolute Gasteiger partial charge is 0.395 e. The molecule has 1 rings (SSSR count). The van der Waals surface area contributed by atoms with Crippen molar-refractivity contribution in [2.24, 2.45) is 0 Å². The van der Waals surface area contributed by atoms with E-state index in [9.17, 15) is 8.42 Å². The van der Waals surface area contributed by atoms with Gasteiger partial charge in [-0.25, -0.2) is 8.42 Å². The average Bonchev–Trinajstić information content (AvgIpc) is 2.52. The van der Waals surface area contributed by atoms with Crippen molar-refractivity contribution in [1.82, 2.24) is 9.80 Å². The van der Waals surface area contributed by atoms with Gasteiger partial charge in [0, 0.05) is 26.2 Å². The van der Waals surface area contributed by atoms with Crippen molar-refractivity contribution in [3.05, 3.63) is 0 Å². The zero-order valence-corrected chi connectivity index (χ0v) is 12.3. The molecule has 1 saturated heterocycles. The van der Waals surface area contributed by atoms with Crippen molar-refractivity contribution < 1.29 is 13.5 Å². The standard InChI is InChI=1S/C12H26N2O3S/c1-12(2)18(16,17)11-9-14-5-3-4-13(6-7-14)8-10-15/h12,15H,3-11H2,1-2H3. The first kappa shape index (κ1) is 15.9. The number of nitrogens with zero attached hydrogens (tertiary/aromatic N) is 2. The first-order chi connectivity index (χ1) is 8.45. The number of hydrogen-bond donors (Lipinski definition) is 1.